The van der Waals surface area contributed by atoms with E-state index >= 15 is 0 Å². The highest BCUT2D eigenvalue weighted by Gasteiger charge is 2.49. The molecule has 6 nitrogen and oxygen atoms in total. The van der Waals surface area contributed by atoms with Gasteiger partial charge < -0.3 is 10.6 Å². The number of hydrogen-bond donors (Lipinski definition) is 2. The molecule has 4 amide bonds. The van der Waals surface area contributed by atoms with Crippen LogP contribution in [0, 0.1) is 0 Å². The van der Waals surface area contributed by atoms with Gasteiger partial charge in [0.25, 0.3) is 5.91 Å². The summed E-state index contributed by atoms with van der Waals surface area (Å²) >= 11 is 0. The molecule has 1 aromatic rings. The largest absolute Gasteiger partial charge is 0.325 e. The summed E-state index contributed by atoms with van der Waals surface area (Å²) in [5.74, 6) is -0.705. The van der Waals surface area contributed by atoms with Crippen LogP contribution in [0.1, 0.15) is 39.2 Å². The number of rotatable bonds is 6. The van der Waals surface area contributed by atoms with Gasteiger partial charge in [0.1, 0.15) is 12.1 Å². The SMILES string of the molecule is CCc1ccccc1NC(=O)CN1C(=O)NC(CC)(CC)C1=O. The van der Waals surface area contributed by atoms with Crippen molar-refractivity contribution in [1.82, 2.24) is 10.2 Å². The van der Waals surface area contributed by atoms with Gasteiger partial charge in [-0.1, -0.05) is 39.0 Å². The van der Waals surface area contributed by atoms with Gasteiger partial charge in [-0.05, 0) is 30.9 Å². The van der Waals surface area contributed by atoms with Gasteiger partial charge in [0.15, 0.2) is 0 Å². The highest BCUT2D eigenvalue weighted by Crippen LogP contribution is 2.25. The quantitative estimate of drug-likeness (QED) is 0.790. The van der Waals surface area contributed by atoms with Crippen LogP contribution >= 0.6 is 0 Å². The number of carbonyl (C=O) groups excluding carboxylic acids is 3. The predicted octanol–water partition coefficient (Wildman–Crippen LogP) is 2.30. The molecule has 2 N–H and O–H groups in total. The molecular weight excluding hydrogens is 294 g/mol. The maximum absolute atomic E-state index is 12.5. The molecule has 0 atom stereocenters. The Kier molecular flexibility index (Phi) is 5.03. The van der Waals surface area contributed by atoms with Crippen LogP contribution in [-0.2, 0) is 16.0 Å². The first-order valence-electron chi connectivity index (χ1n) is 7.99. The van der Waals surface area contributed by atoms with Crippen LogP contribution in [0.15, 0.2) is 24.3 Å². The van der Waals surface area contributed by atoms with Crippen LogP contribution in [0.2, 0.25) is 0 Å². The van der Waals surface area contributed by atoms with Crippen LogP contribution in [0.25, 0.3) is 0 Å². The van der Waals surface area contributed by atoms with Crippen molar-refractivity contribution in [1.29, 1.82) is 0 Å². The molecular formula is C17H23N3O3. The zero-order valence-electron chi connectivity index (χ0n) is 13.8. The first-order valence-corrected chi connectivity index (χ1v) is 7.99. The summed E-state index contributed by atoms with van der Waals surface area (Å²) in [6.45, 7) is 5.43. The van der Waals surface area contributed by atoms with Crippen molar-refractivity contribution in [2.45, 2.75) is 45.6 Å². The first-order chi connectivity index (χ1) is 11.0. The minimum Gasteiger partial charge on any atom is -0.324 e. The fraction of sp³-hybridized carbons (Fsp3) is 0.471. The monoisotopic (exact) mass is 317 g/mol. The van der Waals surface area contributed by atoms with Crippen molar-refractivity contribution in [3.8, 4) is 0 Å². The number of nitrogens with zero attached hydrogens (tertiary/aromatic N) is 1. The van der Waals surface area contributed by atoms with Gasteiger partial charge in [0.05, 0.1) is 0 Å². The number of urea groups is 1. The van der Waals surface area contributed by atoms with Crippen LogP contribution < -0.4 is 10.6 Å². The Bertz CT molecular complexity index is 623. The minimum absolute atomic E-state index is 0.273. The summed E-state index contributed by atoms with van der Waals surface area (Å²) in [6.07, 6.45) is 1.80. The van der Waals surface area contributed by atoms with E-state index in [1.54, 1.807) is 0 Å². The fourth-order valence-corrected chi connectivity index (χ4v) is 2.83. The molecule has 124 valence electrons. The summed E-state index contributed by atoms with van der Waals surface area (Å²) in [7, 11) is 0. The summed E-state index contributed by atoms with van der Waals surface area (Å²) in [6, 6.07) is 6.98. The zero-order valence-corrected chi connectivity index (χ0v) is 13.8. The van der Waals surface area contributed by atoms with E-state index in [-0.39, 0.29) is 18.4 Å². The zero-order chi connectivity index (χ0) is 17.0. The van der Waals surface area contributed by atoms with E-state index in [1.807, 2.05) is 45.0 Å². The molecule has 2 rings (SSSR count). The van der Waals surface area contributed by atoms with Crippen molar-refractivity contribution in [2.75, 3.05) is 11.9 Å². The molecule has 0 radical (unpaired) electrons. The third-order valence-electron chi connectivity index (χ3n) is 4.43. The van der Waals surface area contributed by atoms with Crippen LogP contribution in [0.5, 0.6) is 0 Å². The molecule has 1 aliphatic heterocycles. The predicted molar refractivity (Wildman–Crippen MR) is 88.0 cm³/mol. The van der Waals surface area contributed by atoms with Gasteiger partial charge in [0, 0.05) is 5.69 Å². The van der Waals surface area contributed by atoms with Crippen molar-refractivity contribution in [3.05, 3.63) is 29.8 Å². The molecule has 1 fully saturated rings. The lowest BCUT2D eigenvalue weighted by molar-refractivity contribution is -0.134. The van der Waals surface area contributed by atoms with E-state index in [1.165, 1.54) is 0 Å². The highest BCUT2D eigenvalue weighted by atomic mass is 16.2. The normalized spacial score (nSPS) is 16.4. The average Bonchev–Trinajstić information content (AvgIpc) is 2.80. The van der Waals surface area contributed by atoms with E-state index < -0.39 is 11.6 Å². The van der Waals surface area contributed by atoms with E-state index in [0.29, 0.717) is 18.5 Å². The minimum atomic E-state index is -0.876. The summed E-state index contributed by atoms with van der Waals surface area (Å²) in [5, 5.41) is 5.50. The molecule has 0 bridgehead atoms. The van der Waals surface area contributed by atoms with Crippen molar-refractivity contribution in [3.63, 3.8) is 0 Å². The summed E-state index contributed by atoms with van der Waals surface area (Å²) in [4.78, 5) is 37.7. The van der Waals surface area contributed by atoms with Crippen molar-refractivity contribution < 1.29 is 14.4 Å². The number of para-hydroxylation sites is 1. The van der Waals surface area contributed by atoms with E-state index in [0.717, 1.165) is 16.9 Å². The topological polar surface area (TPSA) is 78.5 Å². The molecule has 0 aromatic heterocycles. The van der Waals surface area contributed by atoms with E-state index in [2.05, 4.69) is 10.6 Å². The highest BCUT2D eigenvalue weighted by molar-refractivity contribution is 6.10. The Morgan fingerprint density at radius 3 is 2.39 bits per heavy atom. The number of anilines is 1. The van der Waals surface area contributed by atoms with Gasteiger partial charge in [0.2, 0.25) is 5.91 Å². The van der Waals surface area contributed by atoms with Crippen LogP contribution in [-0.4, -0.2) is 34.8 Å². The van der Waals surface area contributed by atoms with Gasteiger partial charge in [-0.25, -0.2) is 4.79 Å². The van der Waals surface area contributed by atoms with E-state index in [4.69, 9.17) is 0 Å². The van der Waals surface area contributed by atoms with E-state index in [9.17, 15) is 14.4 Å². The maximum Gasteiger partial charge on any atom is 0.325 e. The molecule has 1 aliphatic rings. The molecule has 1 saturated heterocycles. The molecule has 6 heteroatoms. The van der Waals surface area contributed by atoms with Crippen molar-refractivity contribution >= 4 is 23.5 Å². The lowest BCUT2D eigenvalue weighted by Gasteiger charge is -2.23. The second-order valence-corrected chi connectivity index (χ2v) is 5.67. The first kappa shape index (κ1) is 17.0. The number of aryl methyl sites for hydroxylation is 1. The van der Waals surface area contributed by atoms with Crippen molar-refractivity contribution in [2.24, 2.45) is 0 Å². The molecule has 23 heavy (non-hydrogen) atoms. The number of amides is 4. The molecule has 1 aromatic carbocycles. The Hall–Kier alpha value is -2.37. The van der Waals surface area contributed by atoms with Gasteiger partial charge >= 0.3 is 6.03 Å². The van der Waals surface area contributed by atoms with Gasteiger partial charge in [-0.3, -0.25) is 14.5 Å². The third kappa shape index (κ3) is 3.21. The van der Waals surface area contributed by atoms with Gasteiger partial charge in [-0.15, -0.1) is 0 Å². The van der Waals surface area contributed by atoms with Crippen LogP contribution in [0.3, 0.4) is 0 Å². The van der Waals surface area contributed by atoms with Crippen LogP contribution in [0.4, 0.5) is 10.5 Å². The number of nitrogens with one attached hydrogen (secondary N) is 2. The third-order valence-corrected chi connectivity index (χ3v) is 4.43. The second kappa shape index (κ2) is 6.81. The molecule has 1 heterocycles. The Balaban J connectivity index is 2.09. The number of benzene rings is 1. The second-order valence-electron chi connectivity index (χ2n) is 5.67. The maximum atomic E-state index is 12.5. The summed E-state index contributed by atoms with van der Waals surface area (Å²) in [5.41, 5.74) is 0.845. The molecule has 0 unspecified atom stereocenters. The standard InChI is InChI=1S/C17H23N3O3/c1-4-12-9-7-8-10-13(12)18-14(21)11-20-15(22)17(5-2,6-3)19-16(20)23/h7-10H,4-6,11H2,1-3H3,(H,18,21)(H,19,23). The number of carbonyl (C=O) groups is 3. The number of imide groups is 1. The molecule has 0 aliphatic carbocycles. The summed E-state index contributed by atoms with van der Waals surface area (Å²) < 4.78 is 0. The lowest BCUT2D eigenvalue weighted by Crippen LogP contribution is -2.46. The fourth-order valence-electron chi connectivity index (χ4n) is 2.83. The Morgan fingerprint density at radius 2 is 1.83 bits per heavy atom. The number of hydrogen-bond acceptors (Lipinski definition) is 3. The lowest BCUT2D eigenvalue weighted by atomic mass is 9.93. The Morgan fingerprint density at radius 1 is 1.17 bits per heavy atom. The Labute approximate surface area is 136 Å². The molecule has 0 saturated carbocycles. The van der Waals surface area contributed by atoms with Gasteiger partial charge in [-0.2, -0.15) is 0 Å². The average molecular weight is 317 g/mol. The molecule has 0 spiro atoms. The smallest absolute Gasteiger partial charge is 0.324 e.